The van der Waals surface area contributed by atoms with Gasteiger partial charge in [0.05, 0.1) is 17.7 Å². The second-order valence-electron chi connectivity index (χ2n) is 4.48. The molecule has 0 aromatic heterocycles. The van der Waals surface area contributed by atoms with Crippen LogP contribution in [0.1, 0.15) is 31.1 Å². The van der Waals surface area contributed by atoms with Gasteiger partial charge in [-0.1, -0.05) is 6.07 Å². The van der Waals surface area contributed by atoms with Crippen molar-refractivity contribution < 1.29 is 5.11 Å². The highest BCUT2D eigenvalue weighted by atomic mass is 32.2. The molecule has 0 aliphatic rings. The van der Waals surface area contributed by atoms with E-state index in [0.29, 0.717) is 11.6 Å². The minimum absolute atomic E-state index is 0.353. The van der Waals surface area contributed by atoms with Crippen molar-refractivity contribution in [2.75, 3.05) is 24.0 Å². The summed E-state index contributed by atoms with van der Waals surface area (Å²) in [6, 6.07) is 7.93. The molecule has 0 saturated heterocycles. The van der Waals surface area contributed by atoms with Gasteiger partial charge >= 0.3 is 0 Å². The first-order valence-electron chi connectivity index (χ1n) is 5.95. The lowest BCUT2D eigenvalue weighted by atomic mass is 10.0. The molecule has 4 heteroatoms. The third kappa shape index (κ3) is 3.41. The smallest absolute Gasteiger partial charge is 0.0992 e. The molecule has 1 unspecified atom stereocenters. The molecule has 2 atom stereocenters. The molecular weight excluding hydrogens is 244 g/mol. The van der Waals surface area contributed by atoms with Crippen LogP contribution in [-0.4, -0.2) is 30.2 Å². The number of hydrogen-bond acceptors (Lipinski definition) is 4. The van der Waals surface area contributed by atoms with Crippen LogP contribution in [0.15, 0.2) is 18.2 Å². The highest BCUT2D eigenvalue weighted by molar-refractivity contribution is 7.98. The summed E-state index contributed by atoms with van der Waals surface area (Å²) < 4.78 is 0. The largest absolute Gasteiger partial charge is 0.389 e. The Bertz CT molecular complexity index is 440. The van der Waals surface area contributed by atoms with E-state index in [1.165, 1.54) is 0 Å². The van der Waals surface area contributed by atoms with E-state index in [-0.39, 0.29) is 0 Å². The van der Waals surface area contributed by atoms with Gasteiger partial charge in [0.1, 0.15) is 0 Å². The summed E-state index contributed by atoms with van der Waals surface area (Å²) in [7, 11) is 2.00. The summed E-state index contributed by atoms with van der Waals surface area (Å²) in [6.07, 6.45) is 1.54. The molecule has 98 valence electrons. The van der Waals surface area contributed by atoms with Gasteiger partial charge in [0.2, 0.25) is 0 Å². The number of rotatable bonds is 5. The number of aliphatic hydroxyl groups excluding tert-OH is 1. The van der Waals surface area contributed by atoms with E-state index in [2.05, 4.69) is 24.1 Å². The molecule has 0 aliphatic heterocycles. The molecular formula is C14H20N2OS. The minimum Gasteiger partial charge on any atom is -0.389 e. The number of thioether (sulfide) groups is 1. The SMILES string of the molecule is CSCC(C)N(C)c1cc(C#N)ccc1[C@@H](C)O. The Morgan fingerprint density at radius 2 is 2.11 bits per heavy atom. The molecule has 1 aromatic rings. The molecule has 18 heavy (non-hydrogen) atoms. The lowest BCUT2D eigenvalue weighted by molar-refractivity contribution is 0.199. The van der Waals surface area contributed by atoms with Crippen LogP contribution >= 0.6 is 11.8 Å². The molecule has 0 saturated carbocycles. The van der Waals surface area contributed by atoms with Crippen LogP contribution in [0.5, 0.6) is 0 Å². The van der Waals surface area contributed by atoms with Gasteiger partial charge < -0.3 is 10.0 Å². The average Bonchev–Trinajstić information content (AvgIpc) is 2.37. The van der Waals surface area contributed by atoms with Crippen LogP contribution in [0.4, 0.5) is 5.69 Å². The van der Waals surface area contributed by atoms with Crippen LogP contribution in [0.25, 0.3) is 0 Å². The highest BCUT2D eigenvalue weighted by Gasteiger charge is 2.16. The average molecular weight is 264 g/mol. The zero-order chi connectivity index (χ0) is 13.7. The third-order valence-corrected chi connectivity index (χ3v) is 3.87. The van der Waals surface area contributed by atoms with Gasteiger partial charge in [0.25, 0.3) is 0 Å². The van der Waals surface area contributed by atoms with E-state index in [1.54, 1.807) is 24.8 Å². The van der Waals surface area contributed by atoms with Gasteiger partial charge in [-0.25, -0.2) is 0 Å². The van der Waals surface area contributed by atoms with Gasteiger partial charge in [-0.15, -0.1) is 0 Å². The molecule has 0 bridgehead atoms. The zero-order valence-corrected chi connectivity index (χ0v) is 12.2. The molecule has 0 aliphatic carbocycles. The van der Waals surface area contributed by atoms with Gasteiger partial charge in [-0.2, -0.15) is 17.0 Å². The molecule has 1 N–H and O–H groups in total. The van der Waals surface area contributed by atoms with Gasteiger partial charge in [0, 0.05) is 30.1 Å². The predicted molar refractivity (Wildman–Crippen MR) is 78.0 cm³/mol. The van der Waals surface area contributed by atoms with Gasteiger partial charge in [-0.3, -0.25) is 0 Å². The van der Waals surface area contributed by atoms with Crippen LogP contribution in [0.2, 0.25) is 0 Å². The van der Waals surface area contributed by atoms with Crippen LogP contribution < -0.4 is 4.90 Å². The Morgan fingerprint density at radius 1 is 1.44 bits per heavy atom. The standard InChI is InChI=1S/C14H20N2OS/c1-10(9-18-4)16(3)14-7-12(8-15)5-6-13(14)11(2)17/h5-7,10-11,17H,9H2,1-4H3/t10?,11-/m1/s1. The molecule has 0 spiro atoms. The summed E-state index contributed by atoms with van der Waals surface area (Å²) in [4.78, 5) is 2.12. The van der Waals surface area contributed by atoms with Crippen molar-refractivity contribution in [3.8, 4) is 6.07 Å². The van der Waals surface area contributed by atoms with Crippen molar-refractivity contribution in [3.05, 3.63) is 29.3 Å². The quantitative estimate of drug-likeness (QED) is 0.888. The van der Waals surface area contributed by atoms with Gasteiger partial charge in [0.15, 0.2) is 0 Å². The first-order chi connectivity index (χ1) is 8.51. The molecule has 0 heterocycles. The Kier molecular flexibility index (Phi) is 5.52. The van der Waals surface area contributed by atoms with Crippen molar-refractivity contribution in [1.29, 1.82) is 5.26 Å². The van der Waals surface area contributed by atoms with Crippen LogP contribution in [-0.2, 0) is 0 Å². The second-order valence-corrected chi connectivity index (χ2v) is 5.39. The van der Waals surface area contributed by atoms with Crippen molar-refractivity contribution in [2.24, 2.45) is 0 Å². The predicted octanol–water partition coefficient (Wildman–Crippen LogP) is 2.80. The summed E-state index contributed by atoms with van der Waals surface area (Å²) in [5.41, 5.74) is 2.42. The van der Waals surface area contributed by atoms with E-state index in [0.717, 1.165) is 17.0 Å². The summed E-state index contributed by atoms with van der Waals surface area (Å²) in [5, 5.41) is 18.8. The van der Waals surface area contributed by atoms with Crippen molar-refractivity contribution in [1.82, 2.24) is 0 Å². The number of nitriles is 1. The molecule has 0 radical (unpaired) electrons. The number of aliphatic hydroxyl groups is 1. The first-order valence-corrected chi connectivity index (χ1v) is 7.34. The lowest BCUT2D eigenvalue weighted by Gasteiger charge is -2.29. The molecule has 0 fully saturated rings. The fourth-order valence-corrected chi connectivity index (χ4v) is 2.57. The van der Waals surface area contributed by atoms with E-state index >= 15 is 0 Å². The molecule has 3 nitrogen and oxygen atoms in total. The van der Waals surface area contributed by atoms with E-state index < -0.39 is 6.10 Å². The number of nitrogens with zero attached hydrogens (tertiary/aromatic N) is 2. The van der Waals surface area contributed by atoms with Gasteiger partial charge in [-0.05, 0) is 32.2 Å². The van der Waals surface area contributed by atoms with Crippen LogP contribution in [0, 0.1) is 11.3 Å². The Morgan fingerprint density at radius 3 is 2.61 bits per heavy atom. The number of benzene rings is 1. The Hall–Kier alpha value is -1.18. The van der Waals surface area contributed by atoms with Crippen molar-refractivity contribution >= 4 is 17.4 Å². The Balaban J connectivity index is 3.15. The van der Waals surface area contributed by atoms with E-state index in [1.807, 2.05) is 19.2 Å². The maximum Gasteiger partial charge on any atom is 0.0992 e. The van der Waals surface area contributed by atoms with Crippen molar-refractivity contribution in [2.45, 2.75) is 26.0 Å². The maximum absolute atomic E-state index is 9.81. The second kappa shape index (κ2) is 6.67. The zero-order valence-electron chi connectivity index (χ0n) is 11.3. The molecule has 1 aromatic carbocycles. The number of hydrogen-bond donors (Lipinski definition) is 1. The van der Waals surface area contributed by atoms with Crippen LogP contribution in [0.3, 0.4) is 0 Å². The minimum atomic E-state index is -0.531. The van der Waals surface area contributed by atoms with E-state index in [9.17, 15) is 5.11 Å². The molecule has 1 rings (SSSR count). The highest BCUT2D eigenvalue weighted by Crippen LogP contribution is 2.28. The fourth-order valence-electron chi connectivity index (χ4n) is 1.86. The maximum atomic E-state index is 9.81. The topological polar surface area (TPSA) is 47.3 Å². The monoisotopic (exact) mass is 264 g/mol. The summed E-state index contributed by atoms with van der Waals surface area (Å²) in [6.45, 7) is 3.89. The normalized spacial score (nSPS) is 13.8. The summed E-state index contributed by atoms with van der Waals surface area (Å²) in [5.74, 6) is 1.01. The summed E-state index contributed by atoms with van der Waals surface area (Å²) >= 11 is 1.79. The number of anilines is 1. The third-order valence-electron chi connectivity index (χ3n) is 3.06. The fraction of sp³-hybridized carbons (Fsp3) is 0.500. The Labute approximate surface area is 113 Å². The molecule has 0 amide bonds. The lowest BCUT2D eigenvalue weighted by Crippen LogP contribution is -2.31. The first kappa shape index (κ1) is 14.9. The van der Waals surface area contributed by atoms with E-state index in [4.69, 9.17) is 5.26 Å². The van der Waals surface area contributed by atoms with Crippen molar-refractivity contribution in [3.63, 3.8) is 0 Å².